The summed E-state index contributed by atoms with van der Waals surface area (Å²) < 4.78 is 68.6. The molecule has 0 aliphatic carbocycles. The van der Waals surface area contributed by atoms with E-state index in [-0.39, 0.29) is 32.9 Å². The van der Waals surface area contributed by atoms with Crippen LogP contribution in [0.15, 0.2) is 48.1 Å². The molecule has 3 rings (SSSR count). The highest BCUT2D eigenvalue weighted by Gasteiger charge is 2.62. The summed E-state index contributed by atoms with van der Waals surface area (Å²) in [6.45, 7) is 5.97. The fourth-order valence-electron chi connectivity index (χ4n) is 3.63. The van der Waals surface area contributed by atoms with Gasteiger partial charge in [-0.2, -0.15) is 13.2 Å². The molecule has 36 heavy (non-hydrogen) atoms. The van der Waals surface area contributed by atoms with Crippen molar-refractivity contribution in [2.24, 2.45) is 5.16 Å². The largest absolute Gasteiger partial charge is 0.435 e. The Hall–Kier alpha value is -2.43. The molecule has 2 N–H and O–H groups in total. The van der Waals surface area contributed by atoms with Gasteiger partial charge in [0.05, 0.1) is 23.8 Å². The SMILES string of the molecule is C=C(NCC(=S)NCC(C)(F)F)c1ccc(C2=NOC(c3cc(Cl)cc(Cl)c3)(C(F)(F)F)C2)cc1C. The van der Waals surface area contributed by atoms with Crippen molar-refractivity contribution in [3.63, 3.8) is 0 Å². The molecule has 0 saturated carbocycles. The van der Waals surface area contributed by atoms with E-state index in [1.165, 1.54) is 6.07 Å². The Kier molecular flexibility index (Phi) is 8.22. The molecule has 2 aromatic rings. The maximum Gasteiger partial charge on any atom is 0.435 e. The quantitative estimate of drug-likeness (QED) is 0.267. The van der Waals surface area contributed by atoms with Crippen LogP contribution in [0.1, 0.15) is 35.6 Å². The minimum absolute atomic E-state index is 0.0440. The van der Waals surface area contributed by atoms with Crippen LogP contribution in [0.3, 0.4) is 0 Å². The first-order chi connectivity index (χ1) is 16.6. The molecule has 1 unspecified atom stereocenters. The Morgan fingerprint density at radius 3 is 2.31 bits per heavy atom. The molecule has 2 aromatic carbocycles. The summed E-state index contributed by atoms with van der Waals surface area (Å²) in [6.07, 6.45) is -5.37. The van der Waals surface area contributed by atoms with Gasteiger partial charge in [0.2, 0.25) is 0 Å². The Morgan fingerprint density at radius 2 is 1.75 bits per heavy atom. The summed E-state index contributed by atoms with van der Waals surface area (Å²) in [5.41, 5.74) is -0.607. The van der Waals surface area contributed by atoms with Crippen LogP contribution < -0.4 is 10.6 Å². The molecule has 0 saturated heterocycles. The van der Waals surface area contributed by atoms with Crippen LogP contribution in [-0.2, 0) is 10.4 Å². The van der Waals surface area contributed by atoms with Gasteiger partial charge in [-0.05, 0) is 47.9 Å². The van der Waals surface area contributed by atoms with Gasteiger partial charge in [-0.1, -0.05) is 59.3 Å². The first-order valence-electron chi connectivity index (χ1n) is 10.6. The fourth-order valence-corrected chi connectivity index (χ4v) is 4.30. The lowest BCUT2D eigenvalue weighted by molar-refractivity contribution is -0.275. The molecule has 1 heterocycles. The van der Waals surface area contributed by atoms with Gasteiger partial charge in [-0.15, -0.1) is 0 Å². The van der Waals surface area contributed by atoms with Crippen LogP contribution in [0, 0.1) is 6.92 Å². The van der Waals surface area contributed by atoms with Crippen molar-refractivity contribution < 1.29 is 26.8 Å². The second-order valence-electron chi connectivity index (χ2n) is 8.50. The summed E-state index contributed by atoms with van der Waals surface area (Å²) in [5, 5.41) is 9.28. The lowest BCUT2D eigenvalue weighted by Crippen LogP contribution is -2.42. The number of aryl methyl sites for hydroxylation is 1. The van der Waals surface area contributed by atoms with Gasteiger partial charge in [0.15, 0.2) is 0 Å². The molecule has 0 fully saturated rings. The zero-order chi connectivity index (χ0) is 26.9. The lowest BCUT2D eigenvalue weighted by atomic mass is 9.86. The van der Waals surface area contributed by atoms with E-state index in [4.69, 9.17) is 40.3 Å². The van der Waals surface area contributed by atoms with Crippen LogP contribution in [0.2, 0.25) is 10.0 Å². The maximum absolute atomic E-state index is 14.2. The highest BCUT2D eigenvalue weighted by atomic mass is 35.5. The number of thiocarbonyl (C=S) groups is 1. The van der Waals surface area contributed by atoms with E-state index in [0.29, 0.717) is 22.4 Å². The molecular formula is C24H22Cl2F5N3OS. The van der Waals surface area contributed by atoms with E-state index in [9.17, 15) is 22.0 Å². The smallest absolute Gasteiger partial charge is 0.379 e. The van der Waals surface area contributed by atoms with Crippen molar-refractivity contribution >= 4 is 51.8 Å². The third-order valence-electron chi connectivity index (χ3n) is 5.46. The Labute approximate surface area is 220 Å². The van der Waals surface area contributed by atoms with E-state index >= 15 is 0 Å². The second kappa shape index (κ2) is 10.5. The van der Waals surface area contributed by atoms with Gasteiger partial charge in [-0.3, -0.25) is 0 Å². The molecule has 194 valence electrons. The van der Waals surface area contributed by atoms with Gasteiger partial charge in [-0.25, -0.2) is 8.78 Å². The summed E-state index contributed by atoms with van der Waals surface area (Å²) in [7, 11) is 0. The fraction of sp³-hybridized carbons (Fsp3) is 0.333. The topological polar surface area (TPSA) is 45.7 Å². The summed E-state index contributed by atoms with van der Waals surface area (Å²) in [6, 6.07) is 8.58. The number of nitrogens with zero attached hydrogens (tertiary/aromatic N) is 1. The number of nitrogens with one attached hydrogen (secondary N) is 2. The Morgan fingerprint density at radius 1 is 1.11 bits per heavy atom. The first kappa shape index (κ1) is 28.1. The standard InChI is InChI=1S/C24H22Cl2F5N3OS/c1-13-6-15(4-5-19(13)14(2)32-11-21(36)33-12-22(3,27)28)20-10-23(35-34-20,24(29,30)31)16-7-17(25)9-18(26)8-16/h4-9,32H,2,10-12H2,1,3H3,(H,33,36). The predicted octanol–water partition coefficient (Wildman–Crippen LogP) is 7.02. The number of halogens is 7. The number of hydrogen-bond acceptors (Lipinski definition) is 4. The third-order valence-corrected chi connectivity index (χ3v) is 6.18. The Balaban J connectivity index is 1.75. The molecule has 1 aliphatic rings. The van der Waals surface area contributed by atoms with Crippen molar-refractivity contribution in [1.82, 2.24) is 10.6 Å². The zero-order valence-corrected chi connectivity index (χ0v) is 21.5. The van der Waals surface area contributed by atoms with E-state index in [1.54, 1.807) is 25.1 Å². The van der Waals surface area contributed by atoms with E-state index in [2.05, 4.69) is 22.4 Å². The first-order valence-corrected chi connectivity index (χ1v) is 11.7. The maximum atomic E-state index is 14.2. The number of rotatable bonds is 8. The van der Waals surface area contributed by atoms with Crippen molar-refractivity contribution in [3.8, 4) is 0 Å². The van der Waals surface area contributed by atoms with E-state index in [1.807, 2.05) is 0 Å². The average molecular weight is 566 g/mol. The molecule has 1 atom stereocenters. The van der Waals surface area contributed by atoms with Crippen LogP contribution >= 0.6 is 35.4 Å². The molecule has 0 aromatic heterocycles. The molecule has 0 bridgehead atoms. The van der Waals surface area contributed by atoms with Crippen molar-refractivity contribution in [3.05, 3.63) is 75.3 Å². The monoisotopic (exact) mass is 565 g/mol. The van der Waals surface area contributed by atoms with E-state index < -0.39 is 30.7 Å². The minimum atomic E-state index is -4.80. The van der Waals surface area contributed by atoms with Crippen LogP contribution in [0.4, 0.5) is 22.0 Å². The molecule has 0 radical (unpaired) electrons. The van der Waals surface area contributed by atoms with Crippen LogP contribution in [-0.4, -0.2) is 35.9 Å². The summed E-state index contributed by atoms with van der Waals surface area (Å²) in [5.74, 6) is -2.90. The molecular weight excluding hydrogens is 544 g/mol. The molecule has 0 amide bonds. The highest BCUT2D eigenvalue weighted by molar-refractivity contribution is 7.80. The predicted molar refractivity (Wildman–Crippen MR) is 136 cm³/mol. The van der Waals surface area contributed by atoms with Gasteiger partial charge < -0.3 is 15.5 Å². The van der Waals surface area contributed by atoms with Crippen molar-refractivity contribution in [1.29, 1.82) is 0 Å². The number of alkyl halides is 5. The zero-order valence-electron chi connectivity index (χ0n) is 19.2. The summed E-state index contributed by atoms with van der Waals surface area (Å²) in [4.78, 5) is 5.23. The number of oxime groups is 1. The van der Waals surface area contributed by atoms with Gasteiger partial charge in [0, 0.05) is 34.7 Å². The van der Waals surface area contributed by atoms with Gasteiger partial charge >= 0.3 is 6.18 Å². The second-order valence-corrected chi connectivity index (χ2v) is 9.86. The number of hydrogen-bond donors (Lipinski definition) is 2. The number of benzene rings is 2. The van der Waals surface area contributed by atoms with Crippen molar-refractivity contribution in [2.75, 3.05) is 13.1 Å². The lowest BCUT2D eigenvalue weighted by Gasteiger charge is -2.29. The molecule has 1 aliphatic heterocycles. The van der Waals surface area contributed by atoms with Crippen molar-refractivity contribution in [2.45, 2.75) is 38.0 Å². The average Bonchev–Trinajstić information content (AvgIpc) is 3.22. The normalized spacial score (nSPS) is 17.9. The Bertz CT molecular complexity index is 1190. The van der Waals surface area contributed by atoms with Crippen LogP contribution in [0.25, 0.3) is 5.70 Å². The van der Waals surface area contributed by atoms with Gasteiger partial charge in [0.1, 0.15) is 0 Å². The van der Waals surface area contributed by atoms with Gasteiger partial charge in [0.25, 0.3) is 11.5 Å². The van der Waals surface area contributed by atoms with E-state index in [0.717, 1.165) is 19.1 Å². The summed E-state index contributed by atoms with van der Waals surface area (Å²) >= 11 is 16.9. The highest BCUT2D eigenvalue weighted by Crippen LogP contribution is 2.49. The molecule has 12 heteroatoms. The minimum Gasteiger partial charge on any atom is -0.379 e. The molecule has 0 spiro atoms. The molecule has 4 nitrogen and oxygen atoms in total. The van der Waals surface area contributed by atoms with Crippen LogP contribution in [0.5, 0.6) is 0 Å². The third kappa shape index (κ3) is 6.46.